The summed E-state index contributed by atoms with van der Waals surface area (Å²) >= 11 is 0. The van der Waals surface area contributed by atoms with E-state index >= 15 is 0 Å². The van der Waals surface area contributed by atoms with Gasteiger partial charge in [0, 0.05) is 16.9 Å². The normalized spacial score (nSPS) is 14.7. The Kier molecular flexibility index (Phi) is 7.72. The number of hydrogen-bond acceptors (Lipinski definition) is 1. The second kappa shape index (κ2) is 12.2. The Bertz CT molecular complexity index is 2240. The lowest BCUT2D eigenvalue weighted by Gasteiger charge is -2.42. The first kappa shape index (κ1) is 30.9. The Hall–Kier alpha value is -5.40. The largest absolute Gasteiger partial charge is 0.310 e. The first-order valence-corrected chi connectivity index (χ1v) is 17.6. The predicted octanol–water partition coefficient (Wildman–Crippen LogP) is 13.7. The number of benzene rings is 7. The van der Waals surface area contributed by atoms with Crippen molar-refractivity contribution in [2.45, 2.75) is 51.4 Å². The first-order valence-electron chi connectivity index (χ1n) is 17.6. The van der Waals surface area contributed by atoms with Gasteiger partial charge in [-0.1, -0.05) is 155 Å². The Morgan fingerprint density at radius 3 is 1.51 bits per heavy atom. The minimum Gasteiger partial charge on any atom is -0.310 e. The van der Waals surface area contributed by atoms with Gasteiger partial charge in [-0.15, -0.1) is 0 Å². The van der Waals surface area contributed by atoms with Crippen LogP contribution < -0.4 is 4.90 Å². The van der Waals surface area contributed by atoms with Gasteiger partial charge >= 0.3 is 0 Å². The highest BCUT2D eigenvalue weighted by Gasteiger charge is 2.37. The smallest absolute Gasteiger partial charge is 0.0540 e. The number of hydrogen-bond donors (Lipinski definition) is 0. The van der Waals surface area contributed by atoms with Crippen LogP contribution in [-0.2, 0) is 10.8 Å². The number of para-hydroxylation sites is 2. The average molecular weight is 634 g/mol. The van der Waals surface area contributed by atoms with Crippen LogP contribution in [0.15, 0.2) is 164 Å². The van der Waals surface area contributed by atoms with Crippen molar-refractivity contribution < 1.29 is 0 Å². The molecule has 0 radical (unpaired) electrons. The number of rotatable bonds is 6. The predicted molar refractivity (Wildman–Crippen MR) is 210 cm³/mol. The molecule has 1 heteroatoms. The summed E-state index contributed by atoms with van der Waals surface area (Å²) in [5.74, 6) is 0. The minimum absolute atomic E-state index is 0.144. The molecule has 0 fully saturated rings. The van der Waals surface area contributed by atoms with Crippen molar-refractivity contribution >= 4 is 27.8 Å². The zero-order chi connectivity index (χ0) is 33.6. The Balaban J connectivity index is 1.23. The number of fused-ring (bicyclic) bond motifs is 2. The van der Waals surface area contributed by atoms with Crippen molar-refractivity contribution in [1.82, 2.24) is 0 Å². The number of anilines is 3. The highest BCUT2D eigenvalue weighted by atomic mass is 15.1. The summed E-state index contributed by atoms with van der Waals surface area (Å²) < 4.78 is 0. The summed E-state index contributed by atoms with van der Waals surface area (Å²) in [5, 5.41) is 2.63. The van der Waals surface area contributed by atoms with Crippen LogP contribution in [0.4, 0.5) is 17.1 Å². The molecule has 0 aromatic heterocycles. The molecule has 1 nitrogen and oxygen atoms in total. The Morgan fingerprint density at radius 1 is 0.408 bits per heavy atom. The molecule has 0 saturated carbocycles. The van der Waals surface area contributed by atoms with Crippen LogP contribution in [0.25, 0.3) is 44.2 Å². The van der Waals surface area contributed by atoms with Crippen molar-refractivity contribution in [2.75, 3.05) is 4.90 Å². The molecular weight excluding hydrogens is 591 g/mol. The standard InChI is InChI=1S/C48H43N/c1-47(2)30-31-48(3,4)45-33-43-38(32-44(45)47)16-13-20-41(43)42-19-11-12-21-46(42)49(39-17-9-6-10-18-39)40-28-26-37(27-29-40)36-24-22-35(23-25-36)34-14-7-5-8-15-34/h5-29,32-33H,30-31H2,1-4H3. The Morgan fingerprint density at radius 2 is 0.878 bits per heavy atom. The highest BCUT2D eigenvalue weighted by Crippen LogP contribution is 2.49. The fraction of sp³-hybridized carbons (Fsp3) is 0.167. The molecular formula is C48H43N. The van der Waals surface area contributed by atoms with Crippen LogP contribution in [0, 0.1) is 0 Å². The molecule has 0 unspecified atom stereocenters. The van der Waals surface area contributed by atoms with E-state index in [1.54, 1.807) is 0 Å². The zero-order valence-corrected chi connectivity index (χ0v) is 28.9. The molecule has 0 aliphatic heterocycles. The fourth-order valence-corrected chi connectivity index (χ4v) is 7.76. The lowest BCUT2D eigenvalue weighted by Crippen LogP contribution is -2.33. The van der Waals surface area contributed by atoms with Gasteiger partial charge in [0.15, 0.2) is 0 Å². The quantitative estimate of drug-likeness (QED) is 0.176. The topological polar surface area (TPSA) is 3.24 Å². The third-order valence-corrected chi connectivity index (χ3v) is 10.8. The van der Waals surface area contributed by atoms with Crippen LogP contribution in [0.3, 0.4) is 0 Å². The van der Waals surface area contributed by atoms with Gasteiger partial charge in [-0.3, -0.25) is 0 Å². The summed E-state index contributed by atoms with van der Waals surface area (Å²) in [6, 6.07) is 59.9. The molecule has 7 aromatic rings. The second-order valence-electron chi connectivity index (χ2n) is 14.9. The zero-order valence-electron chi connectivity index (χ0n) is 28.9. The van der Waals surface area contributed by atoms with Crippen molar-refractivity contribution in [3.05, 3.63) is 175 Å². The van der Waals surface area contributed by atoms with Crippen molar-refractivity contribution in [2.24, 2.45) is 0 Å². The molecule has 240 valence electrons. The lowest BCUT2D eigenvalue weighted by molar-refractivity contribution is 0.332. The van der Waals surface area contributed by atoms with Crippen LogP contribution >= 0.6 is 0 Å². The van der Waals surface area contributed by atoms with Gasteiger partial charge in [-0.2, -0.15) is 0 Å². The van der Waals surface area contributed by atoms with Gasteiger partial charge < -0.3 is 4.90 Å². The van der Waals surface area contributed by atoms with Crippen LogP contribution in [-0.4, -0.2) is 0 Å². The van der Waals surface area contributed by atoms with Gasteiger partial charge in [0.25, 0.3) is 0 Å². The van der Waals surface area contributed by atoms with Gasteiger partial charge in [-0.05, 0) is 110 Å². The summed E-state index contributed by atoms with van der Waals surface area (Å²) in [5.41, 5.74) is 14.1. The van der Waals surface area contributed by atoms with Crippen LogP contribution in [0.2, 0.25) is 0 Å². The molecule has 0 amide bonds. The minimum atomic E-state index is 0.144. The van der Waals surface area contributed by atoms with Crippen molar-refractivity contribution in [1.29, 1.82) is 0 Å². The summed E-state index contributed by atoms with van der Waals surface area (Å²) in [6.07, 6.45) is 2.41. The van der Waals surface area contributed by atoms with E-state index in [0.29, 0.717) is 0 Å². The van der Waals surface area contributed by atoms with E-state index in [4.69, 9.17) is 0 Å². The maximum atomic E-state index is 2.52. The van der Waals surface area contributed by atoms with E-state index in [-0.39, 0.29) is 10.8 Å². The van der Waals surface area contributed by atoms with E-state index in [1.165, 1.54) is 73.8 Å². The van der Waals surface area contributed by atoms with Crippen LogP contribution in [0.1, 0.15) is 51.7 Å². The van der Waals surface area contributed by atoms with E-state index in [2.05, 4.69) is 196 Å². The molecule has 0 bridgehead atoms. The van der Waals surface area contributed by atoms with Gasteiger partial charge in [0.1, 0.15) is 0 Å². The first-order chi connectivity index (χ1) is 23.8. The van der Waals surface area contributed by atoms with Crippen molar-refractivity contribution in [3.63, 3.8) is 0 Å². The van der Waals surface area contributed by atoms with E-state index in [0.717, 1.165) is 11.4 Å². The highest BCUT2D eigenvalue weighted by molar-refractivity contribution is 6.02. The average Bonchev–Trinajstić information content (AvgIpc) is 3.14. The number of nitrogens with zero attached hydrogens (tertiary/aromatic N) is 1. The molecule has 0 N–H and O–H groups in total. The second-order valence-corrected chi connectivity index (χ2v) is 14.9. The Labute approximate surface area is 291 Å². The van der Waals surface area contributed by atoms with E-state index in [9.17, 15) is 0 Å². The van der Waals surface area contributed by atoms with Crippen LogP contribution in [0.5, 0.6) is 0 Å². The molecule has 0 heterocycles. The third-order valence-electron chi connectivity index (χ3n) is 10.8. The summed E-state index contributed by atoms with van der Waals surface area (Å²) in [6.45, 7) is 9.66. The molecule has 0 spiro atoms. The molecule has 0 saturated heterocycles. The summed E-state index contributed by atoms with van der Waals surface area (Å²) in [4.78, 5) is 2.40. The van der Waals surface area contributed by atoms with Crippen molar-refractivity contribution in [3.8, 4) is 33.4 Å². The SMILES string of the molecule is CC1(C)CCC(C)(C)c2cc3c(-c4ccccc4N(c4ccccc4)c4ccc(-c5ccc(-c6ccccc6)cc5)cc4)cccc3cc21. The molecule has 1 aliphatic rings. The maximum absolute atomic E-state index is 2.52. The van der Waals surface area contributed by atoms with Gasteiger partial charge in [0.05, 0.1) is 5.69 Å². The van der Waals surface area contributed by atoms with Gasteiger partial charge in [-0.25, -0.2) is 0 Å². The maximum Gasteiger partial charge on any atom is 0.0540 e. The van der Waals surface area contributed by atoms with E-state index in [1.807, 2.05) is 0 Å². The fourth-order valence-electron chi connectivity index (χ4n) is 7.76. The summed E-state index contributed by atoms with van der Waals surface area (Å²) in [7, 11) is 0. The lowest BCUT2D eigenvalue weighted by atomic mass is 9.62. The van der Waals surface area contributed by atoms with Gasteiger partial charge in [0.2, 0.25) is 0 Å². The molecule has 8 rings (SSSR count). The molecule has 1 aliphatic carbocycles. The third kappa shape index (κ3) is 5.74. The molecule has 0 atom stereocenters. The molecule has 7 aromatic carbocycles. The monoisotopic (exact) mass is 633 g/mol. The van der Waals surface area contributed by atoms with E-state index < -0.39 is 0 Å². The molecule has 49 heavy (non-hydrogen) atoms.